The van der Waals surface area contributed by atoms with E-state index >= 15 is 0 Å². The first-order valence-electron chi connectivity index (χ1n) is 14.7. The topological polar surface area (TPSA) is 72.0 Å². The molecule has 0 aliphatic carbocycles. The molecule has 0 saturated carbocycles. The van der Waals surface area contributed by atoms with E-state index in [1.807, 2.05) is 36.9 Å². The molecule has 44 heavy (non-hydrogen) atoms. The molecule has 1 aliphatic rings. The Morgan fingerprint density at radius 3 is 2.39 bits per heavy atom. The van der Waals surface area contributed by atoms with Crippen LogP contribution in [0.4, 0.5) is 13.2 Å². The standard InChI is InChI=1S/C32H38F3N3O4S2/c1-5-7-29(39)38-16-14-37(15-17-38)19-26-28(44-30(36-26)23-8-10-24(11-9-23)32(33,34)35)20-43-25-12-13-27(21(3)18-25)42-22(4)31(40)41-6-2/h8-13,18,22H,5-7,14-17,19-20H2,1-4H3. The van der Waals surface area contributed by atoms with E-state index in [9.17, 15) is 22.8 Å². The van der Waals surface area contributed by atoms with E-state index in [-0.39, 0.29) is 12.5 Å². The first kappa shape index (κ1) is 33.8. The summed E-state index contributed by atoms with van der Waals surface area (Å²) in [4.78, 5) is 35.4. The summed E-state index contributed by atoms with van der Waals surface area (Å²) in [6.07, 6.45) is -3.73. The van der Waals surface area contributed by atoms with Crippen LogP contribution in [0, 0.1) is 6.92 Å². The molecule has 1 amide bonds. The highest BCUT2D eigenvalue weighted by atomic mass is 32.2. The van der Waals surface area contributed by atoms with E-state index in [1.54, 1.807) is 25.6 Å². The van der Waals surface area contributed by atoms with Gasteiger partial charge in [-0.3, -0.25) is 9.69 Å². The molecule has 0 N–H and O–H groups in total. The maximum atomic E-state index is 13.1. The molecule has 1 saturated heterocycles. The molecule has 1 atom stereocenters. The van der Waals surface area contributed by atoms with Gasteiger partial charge in [-0.15, -0.1) is 23.1 Å². The van der Waals surface area contributed by atoms with Gasteiger partial charge in [0.1, 0.15) is 10.8 Å². The highest BCUT2D eigenvalue weighted by Crippen LogP contribution is 2.36. The zero-order chi connectivity index (χ0) is 31.9. The molecule has 0 bridgehead atoms. The van der Waals surface area contributed by atoms with Gasteiger partial charge in [0.15, 0.2) is 6.10 Å². The van der Waals surface area contributed by atoms with Crippen LogP contribution in [0.2, 0.25) is 0 Å². The van der Waals surface area contributed by atoms with Gasteiger partial charge in [0.05, 0.1) is 17.9 Å². The number of nitrogens with zero attached hydrogens (tertiary/aromatic N) is 3. The molecule has 0 spiro atoms. The van der Waals surface area contributed by atoms with Crippen molar-refractivity contribution in [3.63, 3.8) is 0 Å². The first-order valence-corrected chi connectivity index (χ1v) is 16.5. The van der Waals surface area contributed by atoms with Crippen molar-refractivity contribution < 1.29 is 32.2 Å². The summed E-state index contributed by atoms with van der Waals surface area (Å²) in [5, 5.41) is 0.675. The fourth-order valence-corrected chi connectivity index (χ4v) is 6.95. The summed E-state index contributed by atoms with van der Waals surface area (Å²) in [5.41, 5.74) is 1.73. The molecule has 2 heterocycles. The average molecular weight is 650 g/mol. The summed E-state index contributed by atoms with van der Waals surface area (Å²) < 4.78 is 50.3. The lowest BCUT2D eigenvalue weighted by atomic mass is 10.1. The van der Waals surface area contributed by atoms with Crippen LogP contribution in [-0.4, -0.2) is 65.6 Å². The van der Waals surface area contributed by atoms with E-state index in [0.717, 1.165) is 52.7 Å². The van der Waals surface area contributed by atoms with Crippen LogP contribution < -0.4 is 4.74 Å². The Labute approximate surface area is 264 Å². The number of esters is 1. The van der Waals surface area contributed by atoms with E-state index in [2.05, 4.69) is 4.90 Å². The summed E-state index contributed by atoms with van der Waals surface area (Å²) in [7, 11) is 0. The highest BCUT2D eigenvalue weighted by Gasteiger charge is 2.30. The number of benzene rings is 2. The maximum Gasteiger partial charge on any atom is 0.416 e. The molecule has 12 heteroatoms. The maximum absolute atomic E-state index is 13.1. The Bertz CT molecular complexity index is 1420. The van der Waals surface area contributed by atoms with Crippen molar-refractivity contribution in [2.24, 2.45) is 0 Å². The number of aromatic nitrogens is 1. The number of hydrogen-bond donors (Lipinski definition) is 0. The van der Waals surface area contributed by atoms with Crippen molar-refractivity contribution in [2.45, 2.75) is 70.0 Å². The van der Waals surface area contributed by atoms with Gasteiger partial charge in [0, 0.05) is 60.2 Å². The third kappa shape index (κ3) is 8.98. The number of rotatable bonds is 12. The number of halogens is 3. The van der Waals surface area contributed by atoms with Crippen molar-refractivity contribution in [2.75, 3.05) is 32.8 Å². The van der Waals surface area contributed by atoms with Gasteiger partial charge in [-0.1, -0.05) is 19.1 Å². The lowest BCUT2D eigenvalue weighted by Gasteiger charge is -2.34. The van der Waals surface area contributed by atoms with Crippen LogP contribution in [-0.2, 0) is 32.8 Å². The van der Waals surface area contributed by atoms with Crippen LogP contribution >= 0.6 is 23.1 Å². The summed E-state index contributed by atoms with van der Waals surface area (Å²) in [6, 6.07) is 10.9. The molecule has 4 rings (SSSR count). The molecule has 0 radical (unpaired) electrons. The third-order valence-electron chi connectivity index (χ3n) is 7.24. The molecule has 1 aromatic heterocycles. The third-order valence-corrected chi connectivity index (χ3v) is 9.59. The van der Waals surface area contributed by atoms with Crippen LogP contribution in [0.1, 0.15) is 55.3 Å². The number of aryl methyl sites for hydroxylation is 1. The second-order valence-corrected chi connectivity index (χ2v) is 12.7. The Morgan fingerprint density at radius 1 is 1.07 bits per heavy atom. The van der Waals surface area contributed by atoms with Crippen LogP contribution in [0.15, 0.2) is 47.4 Å². The number of carbonyl (C=O) groups is 2. The minimum atomic E-state index is -4.40. The van der Waals surface area contributed by atoms with Crippen molar-refractivity contribution in [1.29, 1.82) is 0 Å². The zero-order valence-electron chi connectivity index (χ0n) is 25.4. The predicted octanol–water partition coefficient (Wildman–Crippen LogP) is 7.20. The molecular formula is C32H38F3N3O4S2. The number of thioether (sulfide) groups is 1. The average Bonchev–Trinajstić information content (AvgIpc) is 3.40. The van der Waals surface area contributed by atoms with Crippen molar-refractivity contribution in [3.8, 4) is 16.3 Å². The van der Waals surface area contributed by atoms with E-state index in [0.29, 0.717) is 48.1 Å². The monoisotopic (exact) mass is 649 g/mol. The summed E-state index contributed by atoms with van der Waals surface area (Å²) in [5.74, 6) is 1.00. The number of ether oxygens (including phenoxy) is 2. The van der Waals surface area contributed by atoms with Gasteiger partial charge < -0.3 is 14.4 Å². The van der Waals surface area contributed by atoms with E-state index in [4.69, 9.17) is 14.5 Å². The molecule has 2 aromatic carbocycles. The number of carbonyl (C=O) groups excluding carboxylic acids is 2. The number of amides is 1. The van der Waals surface area contributed by atoms with Crippen LogP contribution in [0.25, 0.3) is 10.6 Å². The lowest BCUT2D eigenvalue weighted by molar-refractivity contribution is -0.150. The second kappa shape index (κ2) is 15.3. The fraction of sp³-hybridized carbons (Fsp3) is 0.469. The number of alkyl halides is 3. The van der Waals surface area contributed by atoms with Crippen LogP contribution in [0.3, 0.4) is 0 Å². The number of hydrogen-bond acceptors (Lipinski definition) is 8. The lowest BCUT2D eigenvalue weighted by Crippen LogP contribution is -2.48. The van der Waals surface area contributed by atoms with Gasteiger partial charge in [-0.05, 0) is 63.1 Å². The van der Waals surface area contributed by atoms with Crippen molar-refractivity contribution >= 4 is 35.0 Å². The van der Waals surface area contributed by atoms with Crippen molar-refractivity contribution in [1.82, 2.24) is 14.8 Å². The molecule has 1 unspecified atom stereocenters. The Morgan fingerprint density at radius 2 is 1.77 bits per heavy atom. The SMILES string of the molecule is CCCC(=O)N1CCN(Cc2nc(-c3ccc(C(F)(F)F)cc3)sc2CSc2ccc(OC(C)C(=O)OCC)c(C)c2)CC1. The summed E-state index contributed by atoms with van der Waals surface area (Å²) in [6.45, 7) is 11.0. The fourth-order valence-electron chi connectivity index (χ4n) is 4.78. The Kier molecular flexibility index (Phi) is 11.7. The highest BCUT2D eigenvalue weighted by molar-refractivity contribution is 7.98. The normalized spacial score (nSPS) is 14.8. The Balaban J connectivity index is 1.49. The molecule has 3 aromatic rings. The molecule has 1 aliphatic heterocycles. The smallest absolute Gasteiger partial charge is 0.416 e. The number of thiazole rings is 1. The second-order valence-electron chi connectivity index (χ2n) is 10.6. The quantitative estimate of drug-likeness (QED) is 0.152. The first-order chi connectivity index (χ1) is 21.0. The van der Waals surface area contributed by atoms with E-state index < -0.39 is 23.8 Å². The van der Waals surface area contributed by atoms with Crippen LogP contribution in [0.5, 0.6) is 5.75 Å². The summed E-state index contributed by atoms with van der Waals surface area (Å²) >= 11 is 3.12. The van der Waals surface area contributed by atoms with E-state index in [1.165, 1.54) is 23.5 Å². The minimum Gasteiger partial charge on any atom is -0.479 e. The van der Waals surface area contributed by atoms with Gasteiger partial charge in [0.25, 0.3) is 0 Å². The predicted molar refractivity (Wildman–Crippen MR) is 167 cm³/mol. The molecule has 238 valence electrons. The number of piperazine rings is 1. The zero-order valence-corrected chi connectivity index (χ0v) is 27.0. The Hall–Kier alpha value is -3.09. The van der Waals surface area contributed by atoms with Gasteiger partial charge in [-0.25, -0.2) is 9.78 Å². The molecule has 1 fully saturated rings. The van der Waals surface area contributed by atoms with Gasteiger partial charge in [-0.2, -0.15) is 13.2 Å². The van der Waals surface area contributed by atoms with Gasteiger partial charge in [0.2, 0.25) is 5.91 Å². The molecular weight excluding hydrogens is 611 g/mol. The van der Waals surface area contributed by atoms with Gasteiger partial charge >= 0.3 is 12.1 Å². The minimum absolute atomic E-state index is 0.185. The van der Waals surface area contributed by atoms with Crippen molar-refractivity contribution in [3.05, 3.63) is 64.2 Å². The largest absolute Gasteiger partial charge is 0.479 e. The molecule has 7 nitrogen and oxygen atoms in total.